The Morgan fingerprint density at radius 2 is 1.93 bits per heavy atom. The number of rotatable bonds is 3. The summed E-state index contributed by atoms with van der Waals surface area (Å²) in [5, 5.41) is 4.77. The summed E-state index contributed by atoms with van der Waals surface area (Å²) < 4.78 is 29.9. The van der Waals surface area contributed by atoms with Gasteiger partial charge in [-0.1, -0.05) is 12.1 Å². The van der Waals surface area contributed by atoms with Gasteiger partial charge in [0.1, 0.15) is 17.5 Å². The van der Waals surface area contributed by atoms with Crippen LogP contribution in [0.25, 0.3) is 16.9 Å². The molecule has 29 heavy (non-hydrogen) atoms. The Bertz CT molecular complexity index is 1200. The SMILES string of the molecule is Nc1cccc(-c2cnc3ccc(N4CCCC4c4cc(F)ccc4F)nn23)c1. The molecule has 1 aliphatic rings. The van der Waals surface area contributed by atoms with Crippen molar-refractivity contribution in [3.63, 3.8) is 0 Å². The molecule has 2 N–H and O–H groups in total. The first-order valence-electron chi connectivity index (χ1n) is 9.52. The van der Waals surface area contributed by atoms with E-state index in [9.17, 15) is 8.78 Å². The minimum absolute atomic E-state index is 0.255. The number of aromatic nitrogens is 3. The Morgan fingerprint density at radius 1 is 1.03 bits per heavy atom. The molecule has 1 saturated heterocycles. The molecule has 1 fully saturated rings. The lowest BCUT2D eigenvalue weighted by Gasteiger charge is -2.26. The number of hydrogen-bond acceptors (Lipinski definition) is 4. The molecule has 5 rings (SSSR count). The van der Waals surface area contributed by atoms with E-state index in [2.05, 4.69) is 4.98 Å². The van der Waals surface area contributed by atoms with Crippen LogP contribution in [0.5, 0.6) is 0 Å². The minimum Gasteiger partial charge on any atom is -0.399 e. The number of hydrogen-bond donors (Lipinski definition) is 1. The van der Waals surface area contributed by atoms with Crippen molar-refractivity contribution in [2.75, 3.05) is 17.2 Å². The molecular formula is C22H19F2N5. The maximum atomic E-state index is 14.4. The minimum atomic E-state index is -0.435. The molecule has 1 unspecified atom stereocenters. The van der Waals surface area contributed by atoms with Gasteiger partial charge in [-0.25, -0.2) is 18.3 Å². The van der Waals surface area contributed by atoms with E-state index in [1.807, 2.05) is 41.3 Å². The molecule has 146 valence electrons. The smallest absolute Gasteiger partial charge is 0.154 e. The summed E-state index contributed by atoms with van der Waals surface area (Å²) in [6.07, 6.45) is 3.38. The molecule has 0 aliphatic carbocycles. The Hall–Kier alpha value is -3.48. The number of nitrogen functional groups attached to an aromatic ring is 1. The second-order valence-corrected chi connectivity index (χ2v) is 7.25. The zero-order valence-electron chi connectivity index (χ0n) is 15.6. The number of nitrogens with two attached hydrogens (primary N) is 1. The average molecular weight is 391 g/mol. The van der Waals surface area contributed by atoms with Gasteiger partial charge in [0, 0.05) is 23.4 Å². The zero-order chi connectivity index (χ0) is 20.0. The molecular weight excluding hydrogens is 372 g/mol. The highest BCUT2D eigenvalue weighted by atomic mass is 19.1. The Balaban J connectivity index is 1.58. The molecule has 2 aromatic carbocycles. The highest BCUT2D eigenvalue weighted by Gasteiger charge is 2.30. The zero-order valence-corrected chi connectivity index (χ0v) is 15.6. The van der Waals surface area contributed by atoms with Gasteiger partial charge in [-0.2, -0.15) is 0 Å². The molecule has 5 nitrogen and oxygen atoms in total. The van der Waals surface area contributed by atoms with Gasteiger partial charge in [-0.15, -0.1) is 5.10 Å². The van der Waals surface area contributed by atoms with Gasteiger partial charge in [0.2, 0.25) is 0 Å². The molecule has 0 saturated carbocycles. The van der Waals surface area contributed by atoms with Crippen LogP contribution in [0.3, 0.4) is 0 Å². The largest absolute Gasteiger partial charge is 0.399 e. The fourth-order valence-corrected chi connectivity index (χ4v) is 4.05. The third-order valence-corrected chi connectivity index (χ3v) is 5.39. The van der Waals surface area contributed by atoms with Gasteiger partial charge >= 0.3 is 0 Å². The average Bonchev–Trinajstić information content (AvgIpc) is 3.36. The lowest BCUT2D eigenvalue weighted by atomic mass is 10.0. The first-order valence-corrected chi connectivity index (χ1v) is 9.52. The second-order valence-electron chi connectivity index (χ2n) is 7.25. The van der Waals surface area contributed by atoms with Crippen molar-refractivity contribution < 1.29 is 8.78 Å². The van der Waals surface area contributed by atoms with E-state index in [0.29, 0.717) is 22.7 Å². The molecule has 2 aromatic heterocycles. The summed E-state index contributed by atoms with van der Waals surface area (Å²) in [7, 11) is 0. The molecule has 0 radical (unpaired) electrons. The topological polar surface area (TPSA) is 59.5 Å². The van der Waals surface area contributed by atoms with Crippen LogP contribution in [0.1, 0.15) is 24.4 Å². The van der Waals surface area contributed by atoms with Crippen molar-refractivity contribution in [3.05, 3.63) is 78.0 Å². The predicted molar refractivity (Wildman–Crippen MR) is 109 cm³/mol. The standard InChI is InChI=1S/C22H19F2N5/c23-15-6-7-18(24)17(12-15)19-5-2-10-28(19)22-9-8-21-26-13-20(29(21)27-22)14-3-1-4-16(25)11-14/h1,3-4,6-9,11-13,19H,2,5,10,25H2. The highest BCUT2D eigenvalue weighted by molar-refractivity contribution is 5.67. The van der Waals surface area contributed by atoms with Crippen LogP contribution in [-0.2, 0) is 0 Å². The fraction of sp³-hybridized carbons (Fsp3) is 0.182. The molecule has 3 heterocycles. The maximum absolute atomic E-state index is 14.4. The fourth-order valence-electron chi connectivity index (χ4n) is 4.05. The lowest BCUT2D eigenvalue weighted by molar-refractivity contribution is 0.559. The summed E-state index contributed by atoms with van der Waals surface area (Å²) in [4.78, 5) is 6.46. The first kappa shape index (κ1) is 17.6. The van der Waals surface area contributed by atoms with Crippen LogP contribution in [0.15, 0.2) is 60.8 Å². The quantitative estimate of drug-likeness (QED) is 0.519. The van der Waals surface area contributed by atoms with Gasteiger partial charge < -0.3 is 10.6 Å². The van der Waals surface area contributed by atoms with E-state index in [4.69, 9.17) is 10.8 Å². The Morgan fingerprint density at radius 3 is 2.79 bits per heavy atom. The highest BCUT2D eigenvalue weighted by Crippen LogP contribution is 2.37. The number of halogens is 2. The van der Waals surface area contributed by atoms with Crippen molar-refractivity contribution in [1.82, 2.24) is 14.6 Å². The number of fused-ring (bicyclic) bond motifs is 1. The van der Waals surface area contributed by atoms with E-state index in [-0.39, 0.29) is 6.04 Å². The summed E-state index contributed by atoms with van der Waals surface area (Å²) in [5.41, 5.74) is 9.39. The van der Waals surface area contributed by atoms with E-state index >= 15 is 0 Å². The summed E-state index contributed by atoms with van der Waals surface area (Å²) in [5.74, 6) is -0.130. The van der Waals surface area contributed by atoms with E-state index in [1.165, 1.54) is 12.1 Å². The predicted octanol–water partition coefficient (Wildman–Crippen LogP) is 4.60. The Kier molecular flexibility index (Phi) is 4.16. The molecule has 0 spiro atoms. The van der Waals surface area contributed by atoms with Gasteiger partial charge in [-0.05, 0) is 55.3 Å². The van der Waals surface area contributed by atoms with Crippen LogP contribution < -0.4 is 10.6 Å². The molecule has 1 aliphatic heterocycles. The summed E-state index contributed by atoms with van der Waals surface area (Å²) in [6.45, 7) is 0.724. The molecule has 4 aromatic rings. The Labute approximate surface area is 166 Å². The number of benzene rings is 2. The van der Waals surface area contributed by atoms with Crippen molar-refractivity contribution in [3.8, 4) is 11.3 Å². The first-order chi connectivity index (χ1) is 14.1. The van der Waals surface area contributed by atoms with Gasteiger partial charge in [0.05, 0.1) is 17.9 Å². The molecule has 0 amide bonds. The van der Waals surface area contributed by atoms with Gasteiger partial charge in [0.15, 0.2) is 5.65 Å². The normalized spacial score (nSPS) is 16.6. The van der Waals surface area contributed by atoms with E-state index < -0.39 is 11.6 Å². The number of nitrogens with zero attached hydrogens (tertiary/aromatic N) is 4. The van der Waals surface area contributed by atoms with Crippen LogP contribution in [0.2, 0.25) is 0 Å². The summed E-state index contributed by atoms with van der Waals surface area (Å²) in [6, 6.07) is 14.7. The monoisotopic (exact) mass is 391 g/mol. The van der Waals surface area contributed by atoms with Crippen LogP contribution in [-0.4, -0.2) is 21.1 Å². The van der Waals surface area contributed by atoms with Crippen LogP contribution in [0.4, 0.5) is 20.3 Å². The van der Waals surface area contributed by atoms with Crippen molar-refractivity contribution in [1.29, 1.82) is 0 Å². The number of anilines is 2. The van der Waals surface area contributed by atoms with Crippen LogP contribution >= 0.6 is 0 Å². The number of imidazole rings is 1. The van der Waals surface area contributed by atoms with Gasteiger partial charge in [0.25, 0.3) is 0 Å². The molecule has 7 heteroatoms. The summed E-state index contributed by atoms with van der Waals surface area (Å²) >= 11 is 0. The van der Waals surface area contributed by atoms with Crippen molar-refractivity contribution >= 4 is 17.2 Å². The second kappa shape index (κ2) is 6.84. The van der Waals surface area contributed by atoms with Crippen LogP contribution in [0, 0.1) is 11.6 Å². The third kappa shape index (κ3) is 3.08. The van der Waals surface area contributed by atoms with E-state index in [0.717, 1.165) is 36.7 Å². The van der Waals surface area contributed by atoms with E-state index in [1.54, 1.807) is 10.7 Å². The van der Waals surface area contributed by atoms with Gasteiger partial charge in [-0.3, -0.25) is 0 Å². The third-order valence-electron chi connectivity index (χ3n) is 5.39. The maximum Gasteiger partial charge on any atom is 0.154 e. The molecule has 0 bridgehead atoms. The molecule has 1 atom stereocenters. The van der Waals surface area contributed by atoms with Crippen molar-refractivity contribution in [2.45, 2.75) is 18.9 Å². The lowest BCUT2D eigenvalue weighted by Crippen LogP contribution is -2.25. The van der Waals surface area contributed by atoms with Crippen molar-refractivity contribution in [2.24, 2.45) is 0 Å².